The summed E-state index contributed by atoms with van der Waals surface area (Å²) in [5, 5.41) is 0. The van der Waals surface area contributed by atoms with Crippen molar-refractivity contribution in [3.05, 3.63) is 0 Å². The topological polar surface area (TPSA) is 248 Å². The zero-order valence-electron chi connectivity index (χ0n) is 8.29. The van der Waals surface area contributed by atoms with Gasteiger partial charge in [0.25, 0.3) is 0 Å². The third kappa shape index (κ3) is 32.8. The third-order valence-corrected chi connectivity index (χ3v) is 6.69. The standard InChI is InChI=1S/Mg.2Mo.2H3O4P.6O/c;;;2*1-5(2,3)4;;;;;;/h;;;2*(H3,1,2,3,4);;;;;;/q+2;2*+1;;;;;;;2*-1/p-2. The normalized spacial score (nSPS) is 12.9. The summed E-state index contributed by atoms with van der Waals surface area (Å²) in [4.78, 5) is 30.8. The summed E-state index contributed by atoms with van der Waals surface area (Å²) < 4.78 is 81.7. The Labute approximate surface area is 127 Å². The second-order valence-corrected chi connectivity index (χ2v) is 10.4. The van der Waals surface area contributed by atoms with E-state index in [9.17, 15) is 30.2 Å². The van der Waals surface area contributed by atoms with Gasteiger partial charge in [-0.2, -0.15) is 0 Å². The fourth-order valence-electron chi connectivity index (χ4n) is 0.238. The largest absolute Gasteiger partial charge is 2.00 e. The SMILES string of the molecule is O=P(O)(O)[O][Mo](=[O])(=[O])[O-].O=P(O)(O)[O][Mo](=[O])(=[O])[O-].[Mg+2]. The molecule has 0 amide bonds. The molecule has 19 heavy (non-hydrogen) atoms. The first-order valence-corrected chi connectivity index (χ1v) is 12.5. The van der Waals surface area contributed by atoms with Crippen molar-refractivity contribution in [3.8, 4) is 0 Å². The summed E-state index contributed by atoms with van der Waals surface area (Å²) in [5.74, 6) is 0. The molecule has 0 aliphatic carbocycles. The molecule has 0 bridgehead atoms. The molecule has 19 heteroatoms. The Morgan fingerprint density at radius 3 is 0.895 bits per heavy atom. The minimum atomic E-state index is -6.28. The van der Waals surface area contributed by atoms with E-state index in [1.165, 1.54) is 0 Å². The predicted octanol–water partition coefficient (Wildman–Crippen LogP) is -4.12. The summed E-state index contributed by atoms with van der Waals surface area (Å²) in [6, 6.07) is 0. The molecule has 0 aromatic rings. The van der Waals surface area contributed by atoms with Crippen LogP contribution in [0.1, 0.15) is 0 Å². The summed E-state index contributed by atoms with van der Waals surface area (Å²) >= 11 is -12.6. The Hall–Kier alpha value is 1.48. The third-order valence-electron chi connectivity index (χ3n) is 0.377. The van der Waals surface area contributed by atoms with Gasteiger partial charge in [0.15, 0.2) is 0 Å². The smallest absolute Gasteiger partial charge is 2.00 e. The molecule has 4 N–H and O–H groups in total. The van der Waals surface area contributed by atoms with E-state index >= 15 is 0 Å². The molecule has 0 saturated carbocycles. The maximum atomic E-state index is 9.57. The number of hydrogen-bond donors (Lipinski definition) is 4. The monoisotopic (exact) mass is 510 g/mol. The van der Waals surface area contributed by atoms with E-state index in [1.807, 2.05) is 0 Å². The molecule has 112 valence electrons. The maximum Gasteiger partial charge on any atom is 2.00 e. The zero-order valence-corrected chi connectivity index (χ0v) is 15.5. The maximum absolute atomic E-state index is 9.57. The fraction of sp³-hybridized carbons (Fsp3) is 0. The number of phosphoric acid groups is 2. The second-order valence-electron chi connectivity index (χ2n) is 1.95. The summed E-state index contributed by atoms with van der Waals surface area (Å²) in [7, 11) is -10.3. The van der Waals surface area contributed by atoms with Crippen molar-refractivity contribution in [2.45, 2.75) is 0 Å². The molecule has 0 aromatic heterocycles. The molecule has 0 atom stereocenters. The first kappa shape index (κ1) is 25.4. The van der Waals surface area contributed by atoms with Gasteiger partial charge in [-0.3, -0.25) is 0 Å². The molecule has 0 saturated heterocycles. The van der Waals surface area contributed by atoms with Crippen LogP contribution in [0.2, 0.25) is 0 Å². The van der Waals surface area contributed by atoms with E-state index in [4.69, 9.17) is 19.6 Å². The minimum absolute atomic E-state index is 0. The minimum Gasteiger partial charge on any atom is 2.00 e. The van der Waals surface area contributed by atoms with Crippen LogP contribution in [0.4, 0.5) is 0 Å². The average Bonchev–Trinajstić information content (AvgIpc) is 1.64. The van der Waals surface area contributed by atoms with Gasteiger partial charge in [0.2, 0.25) is 0 Å². The van der Waals surface area contributed by atoms with Gasteiger partial charge in [0, 0.05) is 0 Å². The summed E-state index contributed by atoms with van der Waals surface area (Å²) in [6.45, 7) is 0. The molecular weight excluding hydrogens is 502 g/mol. The van der Waals surface area contributed by atoms with Crippen LogP contribution in [-0.4, -0.2) is 42.6 Å². The van der Waals surface area contributed by atoms with Gasteiger partial charge in [-0.15, -0.1) is 0 Å². The Morgan fingerprint density at radius 1 is 0.737 bits per heavy atom. The molecule has 0 aromatic carbocycles. The Kier molecular flexibility index (Phi) is 11.8. The summed E-state index contributed by atoms with van der Waals surface area (Å²) in [5.41, 5.74) is 0. The van der Waals surface area contributed by atoms with Crippen LogP contribution in [0, 0.1) is 0 Å². The molecule has 0 aliphatic rings. The van der Waals surface area contributed by atoms with Gasteiger partial charge < -0.3 is 0 Å². The van der Waals surface area contributed by atoms with Crippen LogP contribution in [0.5, 0.6) is 0 Å². The first-order chi connectivity index (χ1) is 7.41. The predicted molar refractivity (Wildman–Crippen MR) is 34.8 cm³/mol. The van der Waals surface area contributed by atoms with Gasteiger partial charge in [-0.25, -0.2) is 0 Å². The molecule has 0 rings (SSSR count). The zero-order chi connectivity index (χ0) is 15.4. The quantitative estimate of drug-likeness (QED) is 0.209. The van der Waals surface area contributed by atoms with Crippen LogP contribution in [0.25, 0.3) is 0 Å². The number of rotatable bonds is 4. The van der Waals surface area contributed by atoms with Gasteiger partial charge in [0.1, 0.15) is 0 Å². The first-order valence-electron chi connectivity index (χ1n) is 2.86. The second kappa shape index (κ2) is 8.81. The molecular formula is H4MgMo2O14P2. The molecule has 14 nitrogen and oxygen atoms in total. The van der Waals surface area contributed by atoms with Crippen molar-refractivity contribution in [3.63, 3.8) is 0 Å². The van der Waals surface area contributed by atoms with Crippen molar-refractivity contribution < 1.29 is 89.7 Å². The molecule has 0 radical (unpaired) electrons. The van der Waals surface area contributed by atoms with Crippen LogP contribution in [0.3, 0.4) is 0 Å². The Morgan fingerprint density at radius 2 is 0.895 bits per heavy atom. The van der Waals surface area contributed by atoms with Crippen molar-refractivity contribution in [1.29, 1.82) is 0 Å². The molecule has 0 aliphatic heterocycles. The summed E-state index contributed by atoms with van der Waals surface area (Å²) in [6.07, 6.45) is 0. The molecule has 0 heterocycles. The van der Waals surface area contributed by atoms with Crippen LogP contribution < -0.4 is 7.52 Å². The Bertz CT molecular complexity index is 488. The van der Waals surface area contributed by atoms with E-state index < -0.39 is 49.1 Å². The van der Waals surface area contributed by atoms with E-state index in [0.717, 1.165) is 0 Å². The van der Waals surface area contributed by atoms with Crippen molar-refractivity contribution >= 4 is 38.7 Å². The molecule has 0 fully saturated rings. The number of hydrogen-bond acceptors (Lipinski definition) is 10. The molecule has 0 unspecified atom stereocenters. The van der Waals surface area contributed by atoms with Gasteiger partial charge >= 0.3 is 128 Å². The van der Waals surface area contributed by atoms with Crippen molar-refractivity contribution in [1.82, 2.24) is 0 Å². The fourth-order valence-corrected chi connectivity index (χ4v) is 4.22. The van der Waals surface area contributed by atoms with E-state index in [2.05, 4.69) is 6.35 Å². The molecule has 0 spiro atoms. The van der Waals surface area contributed by atoms with Crippen LogP contribution in [-0.2, 0) is 62.6 Å². The Balaban J connectivity index is -0.000000256. The van der Waals surface area contributed by atoms with Gasteiger partial charge in [0.05, 0.1) is 0 Å². The van der Waals surface area contributed by atoms with Gasteiger partial charge in [-0.1, -0.05) is 0 Å². The van der Waals surface area contributed by atoms with Crippen LogP contribution >= 0.6 is 15.6 Å². The van der Waals surface area contributed by atoms with Gasteiger partial charge in [-0.05, 0) is 0 Å². The van der Waals surface area contributed by atoms with E-state index in [0.29, 0.717) is 0 Å². The van der Waals surface area contributed by atoms with E-state index in [-0.39, 0.29) is 23.1 Å². The van der Waals surface area contributed by atoms with Crippen molar-refractivity contribution in [2.75, 3.05) is 0 Å². The van der Waals surface area contributed by atoms with Crippen molar-refractivity contribution in [2.24, 2.45) is 0 Å². The van der Waals surface area contributed by atoms with E-state index in [1.54, 1.807) is 0 Å². The van der Waals surface area contributed by atoms with Crippen LogP contribution in [0.15, 0.2) is 0 Å². The average molecular weight is 506 g/mol.